The molecule has 1 fully saturated rings. The first kappa shape index (κ1) is 14.6. The summed E-state index contributed by atoms with van der Waals surface area (Å²) in [4.78, 5) is 26.3. The van der Waals surface area contributed by atoms with Crippen molar-refractivity contribution in [3.63, 3.8) is 0 Å². The fourth-order valence-electron chi connectivity index (χ4n) is 3.15. The van der Waals surface area contributed by atoms with Crippen LogP contribution in [0.2, 0.25) is 0 Å². The minimum Gasteiger partial charge on any atom is -0.346 e. The fraction of sp³-hybridized carbons (Fsp3) is 0.333. The molecule has 3 rings (SSSR count). The molecular weight excluding hydrogens is 276 g/mol. The lowest BCUT2D eigenvalue weighted by Crippen LogP contribution is -2.31. The van der Waals surface area contributed by atoms with Crippen LogP contribution in [0.1, 0.15) is 52.2 Å². The first-order chi connectivity index (χ1) is 10.6. The van der Waals surface area contributed by atoms with Gasteiger partial charge in [0.15, 0.2) is 5.78 Å². The molecule has 2 aromatic rings. The maximum Gasteiger partial charge on any atom is 0.271 e. The van der Waals surface area contributed by atoms with Crippen LogP contribution in [0.25, 0.3) is 0 Å². The fourth-order valence-corrected chi connectivity index (χ4v) is 3.15. The molecule has 114 valence electrons. The molecule has 4 nitrogen and oxygen atoms in total. The molecule has 0 radical (unpaired) electrons. The predicted molar refractivity (Wildman–Crippen MR) is 84.9 cm³/mol. The Kier molecular flexibility index (Phi) is 3.84. The summed E-state index contributed by atoms with van der Waals surface area (Å²) in [7, 11) is 1.81. The number of hydrogen-bond acceptors (Lipinski definition) is 2. The smallest absolute Gasteiger partial charge is 0.271 e. The van der Waals surface area contributed by atoms with Crippen LogP contribution in [0.5, 0.6) is 0 Å². The van der Waals surface area contributed by atoms with Crippen molar-refractivity contribution in [2.24, 2.45) is 7.05 Å². The molecule has 1 unspecified atom stereocenters. The van der Waals surface area contributed by atoms with Crippen LogP contribution in [0, 0.1) is 0 Å². The number of benzene rings is 1. The van der Waals surface area contributed by atoms with E-state index in [-0.39, 0.29) is 17.7 Å². The van der Waals surface area contributed by atoms with Crippen LogP contribution < -0.4 is 0 Å². The number of amides is 1. The van der Waals surface area contributed by atoms with E-state index < -0.39 is 0 Å². The van der Waals surface area contributed by atoms with E-state index in [1.165, 1.54) is 12.5 Å². The Morgan fingerprint density at radius 2 is 1.91 bits per heavy atom. The van der Waals surface area contributed by atoms with E-state index in [9.17, 15) is 9.59 Å². The van der Waals surface area contributed by atoms with E-state index in [1.54, 1.807) is 16.8 Å². The molecule has 0 bridgehead atoms. The molecule has 1 aliphatic heterocycles. The zero-order valence-corrected chi connectivity index (χ0v) is 13.0. The van der Waals surface area contributed by atoms with Gasteiger partial charge in [-0.1, -0.05) is 30.3 Å². The molecule has 0 saturated carbocycles. The summed E-state index contributed by atoms with van der Waals surface area (Å²) in [5.41, 5.74) is 2.34. The van der Waals surface area contributed by atoms with Crippen LogP contribution in [0.15, 0.2) is 42.6 Å². The van der Waals surface area contributed by atoms with Gasteiger partial charge in [0.2, 0.25) is 0 Å². The lowest BCUT2D eigenvalue weighted by molar-refractivity contribution is 0.0726. The largest absolute Gasteiger partial charge is 0.346 e. The third-order valence-corrected chi connectivity index (χ3v) is 4.33. The van der Waals surface area contributed by atoms with Gasteiger partial charge in [0.1, 0.15) is 5.69 Å². The van der Waals surface area contributed by atoms with Gasteiger partial charge in [-0.3, -0.25) is 9.59 Å². The van der Waals surface area contributed by atoms with Crippen molar-refractivity contribution < 1.29 is 9.59 Å². The maximum atomic E-state index is 12.9. The number of rotatable bonds is 3. The summed E-state index contributed by atoms with van der Waals surface area (Å²) < 4.78 is 1.75. The van der Waals surface area contributed by atoms with Gasteiger partial charge < -0.3 is 9.47 Å². The summed E-state index contributed by atoms with van der Waals surface area (Å²) in [5, 5.41) is 0. The topological polar surface area (TPSA) is 42.3 Å². The average molecular weight is 296 g/mol. The molecular formula is C18H20N2O2. The molecule has 1 saturated heterocycles. The second-order valence-electron chi connectivity index (χ2n) is 5.85. The Morgan fingerprint density at radius 1 is 1.18 bits per heavy atom. The maximum absolute atomic E-state index is 12.9. The molecule has 0 N–H and O–H groups in total. The summed E-state index contributed by atoms with van der Waals surface area (Å²) in [6, 6.07) is 12.0. The van der Waals surface area contributed by atoms with Gasteiger partial charge in [-0.25, -0.2) is 0 Å². The number of aryl methyl sites for hydroxylation is 1. The molecule has 1 aromatic heterocycles. The molecule has 1 aromatic carbocycles. The Balaban J connectivity index is 1.89. The van der Waals surface area contributed by atoms with E-state index >= 15 is 0 Å². The van der Waals surface area contributed by atoms with Gasteiger partial charge in [-0.2, -0.15) is 0 Å². The van der Waals surface area contributed by atoms with Gasteiger partial charge in [0.05, 0.1) is 6.04 Å². The summed E-state index contributed by atoms with van der Waals surface area (Å²) in [5.74, 6) is -0.0166. The zero-order chi connectivity index (χ0) is 15.7. The summed E-state index contributed by atoms with van der Waals surface area (Å²) in [6.07, 6.45) is 3.72. The monoisotopic (exact) mass is 296 g/mol. The highest BCUT2D eigenvalue weighted by atomic mass is 16.2. The second-order valence-corrected chi connectivity index (χ2v) is 5.85. The van der Waals surface area contributed by atoms with Crippen molar-refractivity contribution in [2.75, 3.05) is 6.54 Å². The van der Waals surface area contributed by atoms with Crippen LogP contribution in [-0.4, -0.2) is 27.7 Å². The minimum absolute atomic E-state index is 0.00125. The van der Waals surface area contributed by atoms with E-state index in [0.29, 0.717) is 11.3 Å². The highest BCUT2D eigenvalue weighted by molar-refractivity contribution is 5.99. The van der Waals surface area contributed by atoms with Crippen molar-refractivity contribution in [1.82, 2.24) is 9.47 Å². The SMILES string of the molecule is CC(=O)c1cc(C(=O)N2CCCC2c2ccccc2)n(C)c1. The molecule has 1 atom stereocenters. The van der Waals surface area contributed by atoms with E-state index in [0.717, 1.165) is 19.4 Å². The van der Waals surface area contributed by atoms with Crippen LogP contribution in [0.3, 0.4) is 0 Å². The van der Waals surface area contributed by atoms with E-state index in [4.69, 9.17) is 0 Å². The molecule has 4 heteroatoms. The lowest BCUT2D eigenvalue weighted by Gasteiger charge is -2.25. The number of aromatic nitrogens is 1. The van der Waals surface area contributed by atoms with E-state index in [2.05, 4.69) is 12.1 Å². The first-order valence-corrected chi connectivity index (χ1v) is 7.61. The third kappa shape index (κ3) is 2.56. The molecule has 22 heavy (non-hydrogen) atoms. The number of ketones is 1. The van der Waals surface area contributed by atoms with Crippen molar-refractivity contribution in [3.05, 3.63) is 59.4 Å². The summed E-state index contributed by atoms with van der Waals surface area (Å²) in [6.45, 7) is 2.28. The van der Waals surface area contributed by atoms with Crippen molar-refractivity contribution in [2.45, 2.75) is 25.8 Å². The van der Waals surface area contributed by atoms with Gasteiger partial charge in [-0.15, -0.1) is 0 Å². The lowest BCUT2D eigenvalue weighted by atomic mass is 10.0. The number of Topliss-reactive ketones (excluding diaryl/α,β-unsaturated/α-hetero) is 1. The van der Waals surface area contributed by atoms with Gasteiger partial charge in [-0.05, 0) is 31.4 Å². The number of carbonyl (C=O) groups is 2. The van der Waals surface area contributed by atoms with Gasteiger partial charge in [0.25, 0.3) is 5.91 Å². The molecule has 1 amide bonds. The number of hydrogen-bond donors (Lipinski definition) is 0. The molecule has 0 aliphatic carbocycles. The quantitative estimate of drug-likeness (QED) is 0.816. The zero-order valence-electron chi connectivity index (χ0n) is 13.0. The minimum atomic E-state index is -0.0179. The average Bonchev–Trinajstić information content (AvgIpc) is 3.14. The standard InChI is InChI=1S/C18H20N2O2/c1-13(21)15-11-17(19(2)12-15)18(22)20-10-6-9-16(20)14-7-4-3-5-8-14/h3-5,7-8,11-12,16H,6,9-10H2,1-2H3. The molecule has 0 spiro atoms. The number of nitrogens with zero attached hydrogens (tertiary/aromatic N) is 2. The Bertz CT molecular complexity index is 703. The van der Waals surface area contributed by atoms with Crippen molar-refractivity contribution >= 4 is 11.7 Å². The summed E-state index contributed by atoms with van der Waals surface area (Å²) >= 11 is 0. The van der Waals surface area contributed by atoms with Crippen LogP contribution in [-0.2, 0) is 7.05 Å². The van der Waals surface area contributed by atoms with Crippen LogP contribution >= 0.6 is 0 Å². The normalized spacial score (nSPS) is 17.7. The molecule has 2 heterocycles. The Morgan fingerprint density at radius 3 is 2.55 bits per heavy atom. The highest BCUT2D eigenvalue weighted by Crippen LogP contribution is 2.33. The van der Waals surface area contributed by atoms with Gasteiger partial charge in [0, 0.05) is 25.4 Å². The van der Waals surface area contributed by atoms with Gasteiger partial charge >= 0.3 is 0 Å². The van der Waals surface area contributed by atoms with Crippen molar-refractivity contribution in [1.29, 1.82) is 0 Å². The van der Waals surface area contributed by atoms with Crippen LogP contribution in [0.4, 0.5) is 0 Å². The number of likely N-dealkylation sites (tertiary alicyclic amines) is 1. The Hall–Kier alpha value is -2.36. The highest BCUT2D eigenvalue weighted by Gasteiger charge is 2.31. The molecule has 1 aliphatic rings. The first-order valence-electron chi connectivity index (χ1n) is 7.61. The van der Waals surface area contributed by atoms with E-state index in [1.807, 2.05) is 30.1 Å². The van der Waals surface area contributed by atoms with Crippen molar-refractivity contribution in [3.8, 4) is 0 Å². The third-order valence-electron chi connectivity index (χ3n) is 4.33. The Labute approximate surface area is 130 Å². The second kappa shape index (κ2) is 5.79. The number of carbonyl (C=O) groups excluding carboxylic acids is 2. The predicted octanol–water partition coefficient (Wildman–Crippen LogP) is 3.21.